The van der Waals surface area contributed by atoms with Crippen LogP contribution in [0.4, 0.5) is 0 Å². The van der Waals surface area contributed by atoms with E-state index in [-0.39, 0.29) is 7.43 Å². The number of halogens is 2. The number of nitrogens with zero attached hydrogens (tertiary/aromatic N) is 6. The summed E-state index contributed by atoms with van der Waals surface area (Å²) < 4.78 is 4.26. The van der Waals surface area contributed by atoms with Crippen LogP contribution in [0.3, 0.4) is 0 Å². The molecular weight excluding hydrogens is 571 g/mol. The van der Waals surface area contributed by atoms with Gasteiger partial charge in [-0.1, -0.05) is 30.6 Å². The zero-order valence-electron chi connectivity index (χ0n) is 20.9. The summed E-state index contributed by atoms with van der Waals surface area (Å²) in [5.74, 6) is 1.92. The molecule has 0 aliphatic rings. The SMILES string of the molecule is C.Cc1nc2cc(Cl)ccc2n1Cc1csc(CN)n1.Cc1nc2ccc(Cl)cc2n1Cc1csc(CN)n1. The quantitative estimate of drug-likeness (QED) is 0.224. The highest BCUT2D eigenvalue weighted by molar-refractivity contribution is 7.09. The summed E-state index contributed by atoms with van der Waals surface area (Å²) in [6.07, 6.45) is 0. The average Bonchev–Trinajstić information content (AvgIpc) is 3.67. The molecule has 6 aromatic rings. The van der Waals surface area contributed by atoms with E-state index in [4.69, 9.17) is 34.7 Å². The fraction of sp³-hybridized carbons (Fsp3) is 0.259. The van der Waals surface area contributed by atoms with Gasteiger partial charge in [0.15, 0.2) is 0 Å². The number of imidazole rings is 2. The second-order valence-corrected chi connectivity index (χ2v) is 11.4. The van der Waals surface area contributed by atoms with Crippen LogP contribution in [-0.2, 0) is 26.2 Å². The van der Waals surface area contributed by atoms with Crippen molar-refractivity contribution in [1.82, 2.24) is 29.1 Å². The predicted molar refractivity (Wildman–Crippen MR) is 164 cm³/mol. The molecule has 0 saturated heterocycles. The van der Waals surface area contributed by atoms with Crippen molar-refractivity contribution in [3.05, 3.63) is 90.3 Å². The monoisotopic (exact) mass is 600 g/mol. The summed E-state index contributed by atoms with van der Waals surface area (Å²) in [5, 5.41) is 7.42. The van der Waals surface area contributed by atoms with Crippen molar-refractivity contribution in [2.24, 2.45) is 11.5 Å². The summed E-state index contributed by atoms with van der Waals surface area (Å²) in [5.41, 5.74) is 17.2. The summed E-state index contributed by atoms with van der Waals surface area (Å²) >= 11 is 15.2. The normalized spacial score (nSPS) is 11.0. The van der Waals surface area contributed by atoms with Crippen molar-refractivity contribution >= 4 is 67.9 Å². The Morgan fingerprint density at radius 1 is 0.692 bits per heavy atom. The number of hydrogen-bond donors (Lipinski definition) is 2. The van der Waals surface area contributed by atoms with Gasteiger partial charge in [0, 0.05) is 33.9 Å². The first-order valence-electron chi connectivity index (χ1n) is 11.9. The third-order valence-corrected chi connectivity index (χ3v) is 8.30. The molecule has 0 radical (unpaired) electrons. The van der Waals surface area contributed by atoms with Gasteiger partial charge in [-0.25, -0.2) is 19.9 Å². The number of thiazole rings is 2. The molecule has 4 aromatic heterocycles. The largest absolute Gasteiger partial charge is 0.325 e. The molecule has 4 heterocycles. The molecule has 0 amide bonds. The standard InChI is InChI=1S/2C13H13ClN4S.CH4/c1-8-16-11-4-9(14)2-3-12(11)18(8)6-10-7-19-13(5-15)17-10;1-8-16-11-3-2-9(14)4-12(11)18(8)6-10-7-19-13(5-15)17-10;/h2*2-4,7H,5-6,15H2,1H3;1H4. The summed E-state index contributed by atoms with van der Waals surface area (Å²) in [4.78, 5) is 18.0. The molecule has 12 heteroatoms. The van der Waals surface area contributed by atoms with E-state index in [1.54, 1.807) is 22.7 Å². The third-order valence-electron chi connectivity index (χ3n) is 5.99. The predicted octanol–water partition coefficient (Wildman–Crippen LogP) is 6.56. The van der Waals surface area contributed by atoms with Crippen LogP contribution >= 0.6 is 45.9 Å². The van der Waals surface area contributed by atoms with Crippen LogP contribution in [0.25, 0.3) is 22.1 Å². The van der Waals surface area contributed by atoms with Crippen molar-refractivity contribution in [2.75, 3.05) is 0 Å². The average molecular weight is 602 g/mol. The maximum Gasteiger partial charge on any atom is 0.107 e. The number of aryl methyl sites for hydroxylation is 2. The number of fused-ring (bicyclic) bond motifs is 2. The fourth-order valence-corrected chi connectivity index (χ4v) is 5.86. The van der Waals surface area contributed by atoms with Crippen molar-refractivity contribution in [1.29, 1.82) is 0 Å². The molecule has 0 aliphatic heterocycles. The van der Waals surface area contributed by atoms with Crippen LogP contribution in [0.15, 0.2) is 47.2 Å². The molecule has 0 saturated carbocycles. The minimum absolute atomic E-state index is 0. The van der Waals surface area contributed by atoms with Crippen molar-refractivity contribution in [3.8, 4) is 0 Å². The second kappa shape index (κ2) is 12.5. The van der Waals surface area contributed by atoms with Crippen molar-refractivity contribution in [3.63, 3.8) is 0 Å². The molecule has 4 N–H and O–H groups in total. The molecular formula is C27H30Cl2N8S2. The number of nitrogens with two attached hydrogens (primary N) is 2. The molecule has 8 nitrogen and oxygen atoms in total. The van der Waals surface area contributed by atoms with Gasteiger partial charge < -0.3 is 20.6 Å². The Morgan fingerprint density at radius 3 is 1.77 bits per heavy atom. The highest BCUT2D eigenvalue weighted by Gasteiger charge is 2.11. The first-order valence-corrected chi connectivity index (χ1v) is 14.4. The topological polar surface area (TPSA) is 113 Å². The lowest BCUT2D eigenvalue weighted by Crippen LogP contribution is -2.03. The van der Waals surface area contributed by atoms with E-state index in [0.29, 0.717) is 31.2 Å². The molecule has 6 rings (SSSR count). The van der Waals surface area contributed by atoms with Gasteiger partial charge in [-0.05, 0) is 50.2 Å². The van der Waals surface area contributed by atoms with E-state index < -0.39 is 0 Å². The minimum Gasteiger partial charge on any atom is -0.325 e. The number of hydrogen-bond acceptors (Lipinski definition) is 8. The fourth-order valence-electron chi connectivity index (χ4n) is 4.19. The van der Waals surface area contributed by atoms with Crippen LogP contribution in [0, 0.1) is 13.8 Å². The lowest BCUT2D eigenvalue weighted by molar-refractivity contribution is 0.765. The first-order chi connectivity index (χ1) is 18.3. The molecule has 0 atom stereocenters. The van der Waals surface area contributed by atoms with E-state index in [0.717, 1.165) is 60.1 Å². The molecule has 0 aliphatic carbocycles. The number of rotatable bonds is 6. The van der Waals surface area contributed by atoms with Gasteiger partial charge >= 0.3 is 0 Å². The van der Waals surface area contributed by atoms with Gasteiger partial charge in [0.25, 0.3) is 0 Å². The maximum absolute atomic E-state index is 6.06. The molecule has 204 valence electrons. The maximum atomic E-state index is 6.06. The van der Waals surface area contributed by atoms with Crippen LogP contribution in [-0.4, -0.2) is 29.1 Å². The molecule has 0 spiro atoms. The Kier molecular flexibility index (Phi) is 9.37. The molecule has 0 bridgehead atoms. The lowest BCUT2D eigenvalue weighted by atomic mass is 10.3. The second-order valence-electron chi connectivity index (χ2n) is 8.63. The van der Waals surface area contributed by atoms with Gasteiger partial charge in [0.05, 0.1) is 46.5 Å². The first kappa shape index (κ1) is 29.1. The van der Waals surface area contributed by atoms with E-state index >= 15 is 0 Å². The number of aromatic nitrogens is 6. The van der Waals surface area contributed by atoms with E-state index in [1.807, 2.05) is 61.0 Å². The Bertz CT molecular complexity index is 1720. The van der Waals surface area contributed by atoms with Gasteiger partial charge in [-0.3, -0.25) is 0 Å². The lowest BCUT2D eigenvalue weighted by Gasteiger charge is -2.04. The number of benzene rings is 2. The van der Waals surface area contributed by atoms with Crippen molar-refractivity contribution in [2.45, 2.75) is 47.5 Å². The molecule has 0 unspecified atom stereocenters. The van der Waals surface area contributed by atoms with Gasteiger partial charge in [-0.15, -0.1) is 22.7 Å². The smallest absolute Gasteiger partial charge is 0.107 e. The van der Waals surface area contributed by atoms with Gasteiger partial charge in [0.2, 0.25) is 0 Å². The van der Waals surface area contributed by atoms with Crippen molar-refractivity contribution < 1.29 is 0 Å². The van der Waals surface area contributed by atoms with Crippen LogP contribution in [0.5, 0.6) is 0 Å². The van der Waals surface area contributed by atoms with Crippen LogP contribution in [0.2, 0.25) is 10.0 Å². The van der Waals surface area contributed by atoms with Gasteiger partial charge in [0.1, 0.15) is 21.7 Å². The zero-order chi connectivity index (χ0) is 26.8. The zero-order valence-corrected chi connectivity index (χ0v) is 24.0. The summed E-state index contributed by atoms with van der Waals surface area (Å²) in [6, 6.07) is 11.5. The van der Waals surface area contributed by atoms with Crippen LogP contribution in [0.1, 0.15) is 40.5 Å². The van der Waals surface area contributed by atoms with E-state index in [1.165, 1.54) is 0 Å². The molecule has 2 aromatic carbocycles. The van der Waals surface area contributed by atoms with E-state index in [9.17, 15) is 0 Å². The Hall–Kier alpha value is -2.86. The summed E-state index contributed by atoms with van der Waals surface area (Å²) in [6.45, 7) is 6.36. The Balaban J connectivity index is 0.000000176. The Morgan fingerprint density at radius 2 is 1.21 bits per heavy atom. The van der Waals surface area contributed by atoms with E-state index in [2.05, 4.69) is 29.1 Å². The molecule has 0 fully saturated rings. The molecule has 39 heavy (non-hydrogen) atoms. The summed E-state index contributed by atoms with van der Waals surface area (Å²) in [7, 11) is 0. The third kappa shape index (κ3) is 6.49. The minimum atomic E-state index is 0. The van der Waals surface area contributed by atoms with Gasteiger partial charge in [-0.2, -0.15) is 0 Å². The highest BCUT2D eigenvalue weighted by Crippen LogP contribution is 2.23. The Labute approximate surface area is 245 Å². The highest BCUT2D eigenvalue weighted by atomic mass is 35.5. The van der Waals surface area contributed by atoms with Crippen LogP contribution < -0.4 is 11.5 Å².